The summed E-state index contributed by atoms with van der Waals surface area (Å²) in [5.41, 5.74) is -1.04. The van der Waals surface area contributed by atoms with E-state index in [-0.39, 0.29) is 12.6 Å². The van der Waals surface area contributed by atoms with Crippen LogP contribution in [0.5, 0.6) is 0 Å². The highest BCUT2D eigenvalue weighted by molar-refractivity contribution is 5.80. The molecule has 3 N–H and O–H groups in total. The van der Waals surface area contributed by atoms with Gasteiger partial charge in [0.1, 0.15) is 6.61 Å². The highest BCUT2D eigenvalue weighted by Gasteiger charge is 2.46. The first-order valence-corrected chi connectivity index (χ1v) is 7.47. The fourth-order valence-electron chi connectivity index (χ4n) is 3.18. The van der Waals surface area contributed by atoms with Gasteiger partial charge in [-0.25, -0.2) is 4.79 Å². The molecule has 6 heteroatoms. The maximum Gasteiger partial charge on any atom is 0.341 e. The van der Waals surface area contributed by atoms with E-state index in [4.69, 9.17) is 4.74 Å². The van der Waals surface area contributed by atoms with E-state index in [0.717, 1.165) is 25.1 Å². The number of esters is 1. The van der Waals surface area contributed by atoms with Crippen molar-refractivity contribution in [3.8, 4) is 0 Å². The molecule has 1 fully saturated rings. The predicted molar refractivity (Wildman–Crippen MR) is 76.5 cm³/mol. The standard InChI is InChI=1S/C15H25NO5/c1-9(2)15(20,10(3)17)14(19)21-8-11-4-6-16-7-5-12(18)13(11)16/h4,9-10,12-13,17-18,20H,5-8H2,1-3H3/t10-,12-,13-,15?/m0/s1. The highest BCUT2D eigenvalue weighted by atomic mass is 16.6. The summed E-state index contributed by atoms with van der Waals surface area (Å²) in [6.07, 6.45) is 1.03. The van der Waals surface area contributed by atoms with Gasteiger partial charge in [0, 0.05) is 13.1 Å². The minimum Gasteiger partial charge on any atom is -0.459 e. The number of ether oxygens (including phenoxy) is 1. The molecule has 0 aromatic heterocycles. The van der Waals surface area contributed by atoms with E-state index in [9.17, 15) is 20.1 Å². The Labute approximate surface area is 125 Å². The van der Waals surface area contributed by atoms with Crippen molar-refractivity contribution in [2.75, 3.05) is 19.7 Å². The number of carbonyl (C=O) groups is 1. The lowest BCUT2D eigenvalue weighted by atomic mass is 9.85. The van der Waals surface area contributed by atoms with Crippen LogP contribution < -0.4 is 0 Å². The molecule has 2 aliphatic heterocycles. The SMILES string of the molecule is CC(C)C(O)(C(=O)OCC1=CCN2CC[C@H](O)[C@H]12)[C@H](C)O. The largest absolute Gasteiger partial charge is 0.459 e. The van der Waals surface area contributed by atoms with Crippen molar-refractivity contribution >= 4 is 5.97 Å². The topological polar surface area (TPSA) is 90.2 Å². The van der Waals surface area contributed by atoms with Gasteiger partial charge in [-0.3, -0.25) is 4.90 Å². The highest BCUT2D eigenvalue weighted by Crippen LogP contribution is 2.30. The maximum absolute atomic E-state index is 12.1. The van der Waals surface area contributed by atoms with Crippen molar-refractivity contribution in [3.05, 3.63) is 11.6 Å². The molecule has 0 aromatic rings. The molecule has 21 heavy (non-hydrogen) atoms. The molecule has 0 saturated carbocycles. The van der Waals surface area contributed by atoms with Crippen molar-refractivity contribution in [1.29, 1.82) is 0 Å². The lowest BCUT2D eigenvalue weighted by Crippen LogP contribution is -2.53. The zero-order valence-corrected chi connectivity index (χ0v) is 12.8. The molecular formula is C15H25NO5. The molecular weight excluding hydrogens is 274 g/mol. The van der Waals surface area contributed by atoms with Crippen LogP contribution >= 0.6 is 0 Å². The van der Waals surface area contributed by atoms with Crippen LogP contribution in [0.2, 0.25) is 0 Å². The first kappa shape index (κ1) is 16.4. The van der Waals surface area contributed by atoms with Gasteiger partial charge in [0.2, 0.25) is 0 Å². The van der Waals surface area contributed by atoms with Crippen LogP contribution in [0.25, 0.3) is 0 Å². The van der Waals surface area contributed by atoms with E-state index < -0.39 is 29.7 Å². The van der Waals surface area contributed by atoms with Gasteiger partial charge in [0.15, 0.2) is 5.60 Å². The lowest BCUT2D eigenvalue weighted by molar-refractivity contribution is -0.183. The van der Waals surface area contributed by atoms with Gasteiger partial charge in [0.25, 0.3) is 0 Å². The van der Waals surface area contributed by atoms with Gasteiger partial charge >= 0.3 is 5.97 Å². The van der Waals surface area contributed by atoms with Crippen molar-refractivity contribution in [2.45, 2.75) is 51.0 Å². The summed E-state index contributed by atoms with van der Waals surface area (Å²) in [4.78, 5) is 14.3. The molecule has 0 spiro atoms. The Kier molecular flexibility index (Phi) is 4.72. The summed E-state index contributed by atoms with van der Waals surface area (Å²) in [5.74, 6) is -1.28. The molecule has 0 bridgehead atoms. The first-order chi connectivity index (χ1) is 9.78. The van der Waals surface area contributed by atoms with Crippen LogP contribution in [0, 0.1) is 5.92 Å². The van der Waals surface area contributed by atoms with Gasteiger partial charge in [-0.2, -0.15) is 0 Å². The molecule has 2 rings (SSSR count). The third-order valence-corrected chi connectivity index (χ3v) is 4.65. The van der Waals surface area contributed by atoms with Gasteiger partial charge < -0.3 is 20.1 Å². The Bertz CT molecular complexity index is 424. The molecule has 120 valence electrons. The second-order valence-electron chi connectivity index (χ2n) is 6.31. The molecule has 0 amide bonds. The Morgan fingerprint density at radius 1 is 1.52 bits per heavy atom. The zero-order valence-electron chi connectivity index (χ0n) is 12.8. The van der Waals surface area contributed by atoms with E-state index in [2.05, 4.69) is 4.90 Å². The van der Waals surface area contributed by atoms with E-state index in [1.54, 1.807) is 13.8 Å². The second-order valence-corrected chi connectivity index (χ2v) is 6.31. The summed E-state index contributed by atoms with van der Waals surface area (Å²) >= 11 is 0. The quantitative estimate of drug-likeness (QED) is 0.476. The van der Waals surface area contributed by atoms with Crippen molar-refractivity contribution in [2.24, 2.45) is 5.92 Å². The van der Waals surface area contributed by atoms with Gasteiger partial charge in [-0.05, 0) is 24.8 Å². The maximum atomic E-state index is 12.1. The molecule has 0 aliphatic carbocycles. The molecule has 6 nitrogen and oxygen atoms in total. The lowest BCUT2D eigenvalue weighted by Gasteiger charge is -2.32. The van der Waals surface area contributed by atoms with E-state index in [1.807, 2.05) is 6.08 Å². The van der Waals surface area contributed by atoms with Crippen LogP contribution in [-0.4, -0.2) is 69.7 Å². The number of rotatable bonds is 5. The van der Waals surface area contributed by atoms with Gasteiger partial charge in [-0.1, -0.05) is 19.9 Å². The van der Waals surface area contributed by atoms with Crippen molar-refractivity contribution in [3.63, 3.8) is 0 Å². The second kappa shape index (κ2) is 6.04. The van der Waals surface area contributed by atoms with E-state index in [0.29, 0.717) is 0 Å². The first-order valence-electron chi connectivity index (χ1n) is 7.47. The van der Waals surface area contributed by atoms with Crippen LogP contribution in [0.4, 0.5) is 0 Å². The van der Waals surface area contributed by atoms with Crippen molar-refractivity contribution < 1.29 is 24.9 Å². The fourth-order valence-corrected chi connectivity index (χ4v) is 3.18. The Hall–Kier alpha value is -0.950. The number of carbonyl (C=O) groups excluding carboxylic acids is 1. The summed E-state index contributed by atoms with van der Waals surface area (Å²) < 4.78 is 5.22. The van der Waals surface area contributed by atoms with Crippen LogP contribution in [0.3, 0.4) is 0 Å². The normalized spacial score (nSPS) is 30.0. The average molecular weight is 299 g/mol. The van der Waals surface area contributed by atoms with E-state index in [1.165, 1.54) is 6.92 Å². The van der Waals surface area contributed by atoms with E-state index >= 15 is 0 Å². The molecule has 4 atom stereocenters. The number of hydrogen-bond acceptors (Lipinski definition) is 6. The van der Waals surface area contributed by atoms with Gasteiger partial charge in [-0.15, -0.1) is 0 Å². The molecule has 1 saturated heterocycles. The summed E-state index contributed by atoms with van der Waals surface area (Å²) in [6, 6.07) is -0.0866. The minimum atomic E-state index is -1.91. The number of hydrogen-bond donors (Lipinski definition) is 3. The van der Waals surface area contributed by atoms with Crippen LogP contribution in [0.15, 0.2) is 11.6 Å². The summed E-state index contributed by atoms with van der Waals surface area (Å²) in [5, 5.41) is 30.0. The van der Waals surface area contributed by atoms with Crippen LogP contribution in [0.1, 0.15) is 27.2 Å². The summed E-state index contributed by atoms with van der Waals surface area (Å²) in [6.45, 7) is 6.32. The number of aliphatic hydroxyl groups excluding tert-OH is 2. The number of aliphatic hydroxyl groups is 3. The smallest absolute Gasteiger partial charge is 0.341 e. The number of nitrogens with zero attached hydrogens (tertiary/aromatic N) is 1. The molecule has 0 radical (unpaired) electrons. The molecule has 1 unspecified atom stereocenters. The number of fused-ring (bicyclic) bond motifs is 1. The van der Waals surface area contributed by atoms with Crippen molar-refractivity contribution in [1.82, 2.24) is 4.90 Å². The third-order valence-electron chi connectivity index (χ3n) is 4.65. The monoisotopic (exact) mass is 299 g/mol. The minimum absolute atomic E-state index is 0.0405. The van der Waals surface area contributed by atoms with Crippen LogP contribution in [-0.2, 0) is 9.53 Å². The summed E-state index contributed by atoms with van der Waals surface area (Å²) in [7, 11) is 0. The molecule has 2 heterocycles. The predicted octanol–water partition coefficient (Wildman–Crippen LogP) is -0.327. The zero-order chi connectivity index (χ0) is 15.8. The third kappa shape index (κ3) is 2.85. The molecule has 0 aromatic carbocycles. The Balaban J connectivity index is 1.98. The fraction of sp³-hybridized carbons (Fsp3) is 0.800. The molecule has 2 aliphatic rings. The van der Waals surface area contributed by atoms with Gasteiger partial charge in [0.05, 0.1) is 18.2 Å². The Morgan fingerprint density at radius 3 is 2.76 bits per heavy atom. The Morgan fingerprint density at radius 2 is 2.19 bits per heavy atom. The average Bonchev–Trinajstić information content (AvgIpc) is 2.98.